The van der Waals surface area contributed by atoms with E-state index in [1.807, 2.05) is 0 Å². The number of rotatable bonds is 0. The normalized spacial score (nSPS) is 10.5. The zero-order valence-electron chi connectivity index (χ0n) is 7.60. The second-order valence-electron chi connectivity index (χ2n) is 2.67. The van der Waals surface area contributed by atoms with Gasteiger partial charge in [0.25, 0.3) is 5.56 Å². The molecule has 2 rings (SSSR count). The van der Waals surface area contributed by atoms with Crippen molar-refractivity contribution in [3.63, 3.8) is 0 Å². The molecule has 0 aliphatic rings. The molecule has 0 atom stereocenters. The van der Waals surface area contributed by atoms with Crippen LogP contribution in [0.5, 0.6) is 0 Å². The maximum Gasteiger partial charge on any atom is 0.425 e. The fourth-order valence-electron chi connectivity index (χ4n) is 1.17. The molecule has 0 amide bonds. The predicted octanol–water partition coefficient (Wildman–Crippen LogP) is -0.973. The molecule has 0 spiro atoms. The maximum absolute atomic E-state index is 11.6. The molecule has 8 nitrogen and oxygen atoms in total. The Kier molecular flexibility index (Phi) is 1.89. The molecule has 15 heavy (non-hydrogen) atoms. The highest BCUT2D eigenvalue weighted by atomic mass is 16.5. The van der Waals surface area contributed by atoms with E-state index in [1.54, 1.807) is 0 Å². The number of nitrogens with one attached hydrogen (secondary N) is 2. The van der Waals surface area contributed by atoms with Gasteiger partial charge in [0, 0.05) is 0 Å². The molecule has 0 radical (unpaired) electrons. The molecule has 2 aromatic heterocycles. The number of nitrogens with zero attached hydrogens (tertiary/aromatic N) is 2. The summed E-state index contributed by atoms with van der Waals surface area (Å²) in [5.41, 5.74) is -1.53. The summed E-state index contributed by atoms with van der Waals surface area (Å²) in [5, 5.41) is 0. The van der Waals surface area contributed by atoms with Crippen LogP contribution in [0, 0.1) is 0 Å². The number of aromatic amines is 2. The number of fused-ring (bicyclic) bond motifs is 1. The first kappa shape index (κ1) is 9.19. The first-order chi connectivity index (χ1) is 7.15. The van der Waals surface area contributed by atoms with Gasteiger partial charge in [-0.05, 0) is 0 Å². The van der Waals surface area contributed by atoms with Crippen LogP contribution in [0.4, 0.5) is 4.79 Å². The van der Waals surface area contributed by atoms with Crippen molar-refractivity contribution in [3.8, 4) is 0 Å². The molecule has 0 aliphatic carbocycles. The third-order valence-corrected chi connectivity index (χ3v) is 1.84. The van der Waals surface area contributed by atoms with Crippen LogP contribution in [0.2, 0.25) is 0 Å². The molecule has 0 fully saturated rings. The molecule has 0 unspecified atom stereocenters. The van der Waals surface area contributed by atoms with Crippen molar-refractivity contribution < 1.29 is 9.53 Å². The first-order valence-electron chi connectivity index (χ1n) is 3.92. The molecule has 78 valence electrons. The zero-order chi connectivity index (χ0) is 11.0. The van der Waals surface area contributed by atoms with Crippen LogP contribution >= 0.6 is 0 Å². The molecule has 0 saturated carbocycles. The van der Waals surface area contributed by atoms with Crippen LogP contribution in [0.3, 0.4) is 0 Å². The van der Waals surface area contributed by atoms with Gasteiger partial charge in [0.2, 0.25) is 0 Å². The lowest BCUT2D eigenvalue weighted by atomic mass is 10.5. The van der Waals surface area contributed by atoms with E-state index in [9.17, 15) is 14.4 Å². The predicted molar refractivity (Wildman–Crippen MR) is 48.8 cm³/mol. The fraction of sp³-hybridized carbons (Fsp3) is 0.143. The molecule has 0 aliphatic heterocycles. The number of aromatic nitrogens is 4. The maximum atomic E-state index is 11.6. The second kappa shape index (κ2) is 3.08. The van der Waals surface area contributed by atoms with Crippen molar-refractivity contribution in [2.24, 2.45) is 0 Å². The minimum absolute atomic E-state index is 0.0417. The SMILES string of the molecule is COC(=O)n1c(=O)[nH]c2nc[nH]c2c1=O. The highest BCUT2D eigenvalue weighted by Crippen LogP contribution is 1.95. The Morgan fingerprint density at radius 3 is 2.93 bits per heavy atom. The number of ether oxygens (including phenoxy) is 1. The first-order valence-corrected chi connectivity index (χ1v) is 3.92. The third kappa shape index (κ3) is 1.23. The summed E-state index contributed by atoms with van der Waals surface area (Å²) < 4.78 is 4.64. The molecule has 0 bridgehead atoms. The van der Waals surface area contributed by atoms with Crippen molar-refractivity contribution in [2.45, 2.75) is 0 Å². The van der Waals surface area contributed by atoms with Gasteiger partial charge in [-0.2, -0.15) is 4.57 Å². The summed E-state index contributed by atoms with van der Waals surface area (Å²) >= 11 is 0. The lowest BCUT2D eigenvalue weighted by molar-refractivity contribution is 0.170. The molecular weight excluding hydrogens is 204 g/mol. The van der Waals surface area contributed by atoms with Crippen molar-refractivity contribution in [3.05, 3.63) is 27.2 Å². The molecule has 0 saturated heterocycles. The topological polar surface area (TPSA) is 110 Å². The largest absolute Gasteiger partial charge is 0.452 e. The van der Waals surface area contributed by atoms with Crippen LogP contribution in [0.1, 0.15) is 0 Å². The summed E-state index contributed by atoms with van der Waals surface area (Å²) in [6.07, 6.45) is 0.196. The highest BCUT2D eigenvalue weighted by Gasteiger charge is 2.15. The number of imidazole rings is 1. The average molecular weight is 210 g/mol. The summed E-state index contributed by atoms with van der Waals surface area (Å²) in [5.74, 6) is 0. The molecule has 8 heteroatoms. The molecule has 2 N–H and O–H groups in total. The lowest BCUT2D eigenvalue weighted by Crippen LogP contribution is -2.39. The Hall–Kier alpha value is -2.38. The van der Waals surface area contributed by atoms with Gasteiger partial charge in [0.05, 0.1) is 13.4 Å². The number of H-pyrrole nitrogens is 2. The summed E-state index contributed by atoms with van der Waals surface area (Å²) in [7, 11) is 1.07. The summed E-state index contributed by atoms with van der Waals surface area (Å²) in [4.78, 5) is 42.5. The number of carbonyl (C=O) groups excluding carboxylic acids is 1. The van der Waals surface area contributed by atoms with Crippen LogP contribution in [-0.2, 0) is 4.74 Å². The van der Waals surface area contributed by atoms with Crippen molar-refractivity contribution in [1.82, 2.24) is 19.5 Å². The van der Waals surface area contributed by atoms with Crippen molar-refractivity contribution in [2.75, 3.05) is 7.11 Å². The van der Waals surface area contributed by atoms with E-state index in [0.717, 1.165) is 7.11 Å². The zero-order valence-corrected chi connectivity index (χ0v) is 7.60. The van der Waals surface area contributed by atoms with Crippen LogP contribution < -0.4 is 11.2 Å². The van der Waals surface area contributed by atoms with E-state index in [2.05, 4.69) is 19.7 Å². The number of hydrogen-bond donors (Lipinski definition) is 2. The van der Waals surface area contributed by atoms with Gasteiger partial charge in [-0.3, -0.25) is 9.78 Å². The Morgan fingerprint density at radius 1 is 1.53 bits per heavy atom. The molecule has 2 aromatic rings. The Balaban J connectivity index is 2.91. The van der Waals surface area contributed by atoms with Gasteiger partial charge >= 0.3 is 11.8 Å². The van der Waals surface area contributed by atoms with E-state index in [0.29, 0.717) is 4.57 Å². The van der Waals surface area contributed by atoms with Gasteiger partial charge in [0.15, 0.2) is 5.65 Å². The van der Waals surface area contributed by atoms with E-state index in [-0.39, 0.29) is 11.2 Å². The van der Waals surface area contributed by atoms with Crippen LogP contribution in [0.15, 0.2) is 15.9 Å². The third-order valence-electron chi connectivity index (χ3n) is 1.84. The Labute approximate surface area is 81.5 Å². The summed E-state index contributed by atoms with van der Waals surface area (Å²) in [6, 6.07) is 0. The van der Waals surface area contributed by atoms with Crippen LogP contribution in [0.25, 0.3) is 11.2 Å². The highest BCUT2D eigenvalue weighted by molar-refractivity contribution is 5.75. The minimum Gasteiger partial charge on any atom is -0.452 e. The van der Waals surface area contributed by atoms with Crippen molar-refractivity contribution >= 4 is 17.3 Å². The number of hydrogen-bond acceptors (Lipinski definition) is 5. The standard InChI is InChI=1S/C7H6N4O4/c1-15-7(14)11-5(12)3-4(9-2-8-3)10-6(11)13/h2H,1H3,(H,8,9)(H,10,13). The van der Waals surface area contributed by atoms with E-state index < -0.39 is 17.3 Å². The average Bonchev–Trinajstić information content (AvgIpc) is 2.65. The minimum atomic E-state index is -1.04. The summed E-state index contributed by atoms with van der Waals surface area (Å²) in [6.45, 7) is 0. The van der Waals surface area contributed by atoms with Gasteiger partial charge < -0.3 is 9.72 Å². The van der Waals surface area contributed by atoms with Gasteiger partial charge in [-0.1, -0.05) is 0 Å². The van der Waals surface area contributed by atoms with Crippen LogP contribution in [-0.4, -0.2) is 32.7 Å². The number of carbonyl (C=O) groups is 1. The quantitative estimate of drug-likeness (QED) is 0.581. The monoisotopic (exact) mass is 210 g/mol. The smallest absolute Gasteiger partial charge is 0.425 e. The van der Waals surface area contributed by atoms with E-state index in [4.69, 9.17) is 0 Å². The molecular formula is C7H6N4O4. The molecule has 0 aromatic carbocycles. The number of methoxy groups -OCH3 is 1. The van der Waals surface area contributed by atoms with Gasteiger partial charge in [-0.15, -0.1) is 0 Å². The van der Waals surface area contributed by atoms with Crippen molar-refractivity contribution in [1.29, 1.82) is 0 Å². The van der Waals surface area contributed by atoms with Gasteiger partial charge in [-0.25, -0.2) is 14.6 Å². The molecule has 2 heterocycles. The van der Waals surface area contributed by atoms with E-state index >= 15 is 0 Å². The van der Waals surface area contributed by atoms with Gasteiger partial charge in [0.1, 0.15) is 5.52 Å². The lowest BCUT2D eigenvalue weighted by Gasteiger charge is -1.99. The fourth-order valence-corrected chi connectivity index (χ4v) is 1.17. The Bertz CT molecular complexity index is 634. The second-order valence-corrected chi connectivity index (χ2v) is 2.67. The Morgan fingerprint density at radius 2 is 2.27 bits per heavy atom. The van der Waals surface area contributed by atoms with E-state index in [1.165, 1.54) is 6.33 Å².